The molecule has 1 amide bonds. The van der Waals surface area contributed by atoms with Gasteiger partial charge >= 0.3 is 5.97 Å². The van der Waals surface area contributed by atoms with E-state index in [0.29, 0.717) is 15.6 Å². The second-order valence-electron chi connectivity index (χ2n) is 5.30. The van der Waals surface area contributed by atoms with E-state index in [9.17, 15) is 27.2 Å². The van der Waals surface area contributed by atoms with Gasteiger partial charge in [0.05, 0.1) is 12.7 Å². The molecule has 0 radical (unpaired) electrons. The van der Waals surface area contributed by atoms with E-state index in [0.717, 1.165) is 11.3 Å². The molecule has 0 fully saturated rings. The fourth-order valence-electron chi connectivity index (χ4n) is 2.20. The predicted octanol–water partition coefficient (Wildman–Crippen LogP) is 4.11. The number of thiophene rings is 1. The van der Waals surface area contributed by atoms with Gasteiger partial charge in [-0.3, -0.25) is 9.48 Å². The van der Waals surface area contributed by atoms with Crippen molar-refractivity contribution in [1.29, 1.82) is 0 Å². The van der Waals surface area contributed by atoms with Crippen molar-refractivity contribution in [2.75, 3.05) is 12.4 Å². The highest BCUT2D eigenvalue weighted by atomic mass is 32.1. The van der Waals surface area contributed by atoms with Crippen LogP contribution in [0.5, 0.6) is 0 Å². The largest absolute Gasteiger partial charge is 0.465 e. The minimum atomic E-state index is -3.08. The summed E-state index contributed by atoms with van der Waals surface area (Å²) in [6, 6.07) is 0.762. The second-order valence-corrected chi connectivity index (χ2v) is 6.55. The minimum absolute atomic E-state index is 0.110. The van der Waals surface area contributed by atoms with Crippen molar-refractivity contribution in [2.45, 2.75) is 32.7 Å². The highest BCUT2D eigenvalue weighted by molar-refractivity contribution is 7.16. The predicted molar refractivity (Wildman–Crippen MR) is 85.9 cm³/mol. The van der Waals surface area contributed by atoms with Crippen molar-refractivity contribution in [2.24, 2.45) is 0 Å². The van der Waals surface area contributed by atoms with Crippen molar-refractivity contribution in [1.82, 2.24) is 9.78 Å². The summed E-state index contributed by atoms with van der Waals surface area (Å²) < 4.78 is 56.8. The first-order valence-electron chi connectivity index (χ1n) is 7.31. The number of aryl methyl sites for hydroxylation is 1. The number of rotatable bonds is 6. The molecule has 0 aromatic carbocycles. The maximum absolute atomic E-state index is 13.1. The lowest BCUT2D eigenvalue weighted by atomic mass is 10.2. The van der Waals surface area contributed by atoms with Crippen LogP contribution < -0.4 is 5.32 Å². The van der Waals surface area contributed by atoms with Gasteiger partial charge in [0.1, 0.15) is 22.4 Å². The zero-order chi connectivity index (χ0) is 19.6. The quantitative estimate of drug-likeness (QED) is 0.592. The molecule has 0 aliphatic carbocycles. The molecular formula is C15H15F4N3O3S. The lowest BCUT2D eigenvalue weighted by Gasteiger charge is -2.15. The van der Waals surface area contributed by atoms with E-state index >= 15 is 0 Å². The smallest absolute Gasteiger partial charge is 0.340 e. The Morgan fingerprint density at radius 2 is 1.88 bits per heavy atom. The Morgan fingerprint density at radius 1 is 1.23 bits per heavy atom. The van der Waals surface area contributed by atoms with Crippen molar-refractivity contribution in [3.63, 3.8) is 0 Å². The third kappa shape index (κ3) is 4.03. The summed E-state index contributed by atoms with van der Waals surface area (Å²) in [6.07, 6.45) is -6.13. The number of carbonyl (C=O) groups excluding carboxylic acids is 2. The average Bonchev–Trinajstić information content (AvgIpc) is 3.17. The Kier molecular flexibility index (Phi) is 6.01. The number of anilines is 1. The van der Waals surface area contributed by atoms with Gasteiger partial charge in [-0.1, -0.05) is 0 Å². The first-order chi connectivity index (χ1) is 12.1. The minimum Gasteiger partial charge on any atom is -0.465 e. The van der Waals surface area contributed by atoms with Gasteiger partial charge in [-0.05, 0) is 26.0 Å². The molecule has 2 rings (SSSR count). The van der Waals surface area contributed by atoms with E-state index in [1.807, 2.05) is 0 Å². The number of nitrogens with zero attached hydrogens (tertiary/aromatic N) is 2. The molecule has 0 aliphatic rings. The Labute approximate surface area is 149 Å². The maximum atomic E-state index is 13.1. The molecular weight excluding hydrogens is 378 g/mol. The molecule has 0 saturated heterocycles. The normalized spacial score (nSPS) is 12.5. The van der Waals surface area contributed by atoms with Crippen LogP contribution in [0.3, 0.4) is 0 Å². The average molecular weight is 393 g/mol. The van der Waals surface area contributed by atoms with Crippen LogP contribution in [0.1, 0.15) is 52.4 Å². The first-order valence-corrected chi connectivity index (χ1v) is 8.12. The maximum Gasteiger partial charge on any atom is 0.340 e. The zero-order valence-electron chi connectivity index (χ0n) is 13.9. The number of amides is 1. The van der Waals surface area contributed by atoms with Crippen LogP contribution in [0, 0.1) is 6.92 Å². The molecule has 1 N–H and O–H groups in total. The third-order valence-electron chi connectivity index (χ3n) is 3.47. The highest BCUT2D eigenvalue weighted by Gasteiger charge is 2.28. The van der Waals surface area contributed by atoms with Gasteiger partial charge in [-0.2, -0.15) is 5.10 Å². The van der Waals surface area contributed by atoms with Crippen LogP contribution >= 0.6 is 11.3 Å². The van der Waals surface area contributed by atoms with E-state index in [2.05, 4.69) is 15.2 Å². The number of halogens is 4. The molecule has 26 heavy (non-hydrogen) atoms. The van der Waals surface area contributed by atoms with E-state index in [1.165, 1.54) is 20.1 Å². The summed E-state index contributed by atoms with van der Waals surface area (Å²) in [7, 11) is 1.17. The summed E-state index contributed by atoms with van der Waals surface area (Å²) in [6.45, 7) is 2.94. The van der Waals surface area contributed by atoms with Gasteiger partial charge in [0, 0.05) is 4.88 Å². The zero-order valence-corrected chi connectivity index (χ0v) is 14.7. The molecule has 2 heterocycles. The molecule has 1 unspecified atom stereocenters. The van der Waals surface area contributed by atoms with Gasteiger partial charge in [0.2, 0.25) is 5.91 Å². The number of hydrogen-bond donors (Lipinski definition) is 1. The van der Waals surface area contributed by atoms with Gasteiger partial charge < -0.3 is 10.1 Å². The number of nitrogens with one attached hydrogen (secondary N) is 1. The molecule has 2 aromatic rings. The molecule has 11 heteroatoms. The fraction of sp³-hybridized carbons (Fsp3) is 0.400. The molecule has 2 aromatic heterocycles. The SMILES string of the molecule is COC(=O)c1cc(C)sc1NC(=O)C(C)n1nc(C(F)F)cc1C(F)F. The summed E-state index contributed by atoms with van der Waals surface area (Å²) in [5, 5.41) is 6.02. The molecule has 1 atom stereocenters. The number of hydrogen-bond acceptors (Lipinski definition) is 5. The van der Waals surface area contributed by atoms with Crippen LogP contribution in [0.25, 0.3) is 0 Å². The van der Waals surface area contributed by atoms with Crippen LogP contribution in [0.15, 0.2) is 12.1 Å². The molecule has 0 spiro atoms. The Morgan fingerprint density at radius 3 is 2.42 bits per heavy atom. The van der Waals surface area contributed by atoms with Gasteiger partial charge in [-0.25, -0.2) is 22.4 Å². The van der Waals surface area contributed by atoms with Crippen molar-refractivity contribution >= 4 is 28.2 Å². The molecule has 6 nitrogen and oxygen atoms in total. The Balaban J connectivity index is 2.30. The Bertz CT molecular complexity index is 819. The number of alkyl halides is 4. The van der Waals surface area contributed by atoms with Crippen LogP contribution in [0.4, 0.5) is 22.6 Å². The number of carbonyl (C=O) groups is 2. The number of methoxy groups -OCH3 is 1. The number of aromatic nitrogens is 2. The van der Waals surface area contributed by atoms with Crippen LogP contribution in [-0.4, -0.2) is 28.8 Å². The molecule has 142 valence electrons. The summed E-state index contributed by atoms with van der Waals surface area (Å²) in [4.78, 5) is 24.8. The van der Waals surface area contributed by atoms with E-state index in [4.69, 9.17) is 0 Å². The van der Waals surface area contributed by atoms with Crippen molar-refractivity contribution in [3.05, 3.63) is 34.0 Å². The third-order valence-corrected chi connectivity index (χ3v) is 4.44. The fourth-order valence-corrected chi connectivity index (χ4v) is 3.11. The van der Waals surface area contributed by atoms with E-state index in [-0.39, 0.29) is 10.6 Å². The van der Waals surface area contributed by atoms with E-state index < -0.39 is 42.2 Å². The molecule has 0 bridgehead atoms. The van der Waals surface area contributed by atoms with Gasteiger partial charge in [-0.15, -0.1) is 11.3 Å². The Hall–Kier alpha value is -2.43. The van der Waals surface area contributed by atoms with Crippen molar-refractivity contribution in [3.8, 4) is 0 Å². The lowest BCUT2D eigenvalue weighted by molar-refractivity contribution is -0.119. The summed E-state index contributed by atoms with van der Waals surface area (Å²) in [5.41, 5.74) is -1.53. The summed E-state index contributed by atoms with van der Waals surface area (Å²) in [5.74, 6) is -1.47. The number of esters is 1. The lowest BCUT2D eigenvalue weighted by Crippen LogP contribution is -2.26. The number of ether oxygens (including phenoxy) is 1. The van der Waals surface area contributed by atoms with Crippen molar-refractivity contribution < 1.29 is 31.9 Å². The molecule has 0 saturated carbocycles. The summed E-state index contributed by atoms with van der Waals surface area (Å²) >= 11 is 1.09. The highest BCUT2D eigenvalue weighted by Crippen LogP contribution is 2.31. The van der Waals surface area contributed by atoms with E-state index in [1.54, 1.807) is 6.92 Å². The van der Waals surface area contributed by atoms with Gasteiger partial charge in [0.15, 0.2) is 0 Å². The van der Waals surface area contributed by atoms with Crippen LogP contribution in [-0.2, 0) is 9.53 Å². The van der Waals surface area contributed by atoms with Crippen LogP contribution in [0.2, 0.25) is 0 Å². The monoisotopic (exact) mass is 393 g/mol. The standard InChI is InChI=1S/C15H15F4N3O3S/c1-6-4-8(15(24)25-3)14(26-6)20-13(23)7(2)22-10(12(18)19)5-9(21-22)11(16)17/h4-5,7,11-12H,1-3H3,(H,20,23). The van der Waals surface area contributed by atoms with Gasteiger partial charge in [0.25, 0.3) is 12.9 Å². The second kappa shape index (κ2) is 7.85. The topological polar surface area (TPSA) is 73.2 Å². The first kappa shape index (κ1) is 19.9. The molecule has 0 aliphatic heterocycles.